The largest absolute Gasteiger partial charge is 0.496 e. The van der Waals surface area contributed by atoms with Crippen LogP contribution in [0.15, 0.2) is 48.5 Å². The highest BCUT2D eigenvalue weighted by molar-refractivity contribution is 6.01. The van der Waals surface area contributed by atoms with Crippen LogP contribution in [-0.4, -0.2) is 43.4 Å². The molecular formula is C23H25NO7. The third-order valence-electron chi connectivity index (χ3n) is 4.33. The molecule has 31 heavy (non-hydrogen) atoms. The minimum absolute atomic E-state index is 0.0477. The van der Waals surface area contributed by atoms with Crippen molar-refractivity contribution in [3.05, 3.63) is 59.7 Å². The summed E-state index contributed by atoms with van der Waals surface area (Å²) in [6, 6.07) is 12.0. The van der Waals surface area contributed by atoms with E-state index in [4.69, 9.17) is 14.2 Å². The van der Waals surface area contributed by atoms with E-state index >= 15 is 0 Å². The van der Waals surface area contributed by atoms with Gasteiger partial charge in [-0.3, -0.25) is 9.59 Å². The Hall–Kier alpha value is -3.68. The summed E-state index contributed by atoms with van der Waals surface area (Å²) in [6.07, 6.45) is -0.0149. The lowest BCUT2D eigenvalue weighted by molar-refractivity contribution is -0.147. The topological polar surface area (TPSA) is 108 Å². The van der Waals surface area contributed by atoms with E-state index < -0.39 is 23.9 Å². The number of carbonyl (C=O) groups is 4. The van der Waals surface area contributed by atoms with Crippen molar-refractivity contribution in [2.24, 2.45) is 0 Å². The molecule has 0 aromatic heterocycles. The Morgan fingerprint density at radius 1 is 0.935 bits per heavy atom. The number of carbonyl (C=O) groups excluding carboxylic acids is 4. The van der Waals surface area contributed by atoms with Crippen LogP contribution >= 0.6 is 0 Å². The molecule has 0 fully saturated rings. The van der Waals surface area contributed by atoms with Crippen molar-refractivity contribution in [1.82, 2.24) is 5.32 Å². The van der Waals surface area contributed by atoms with Crippen molar-refractivity contribution in [1.29, 1.82) is 0 Å². The molecule has 2 rings (SSSR count). The van der Waals surface area contributed by atoms with Gasteiger partial charge in [0.2, 0.25) is 5.91 Å². The average molecular weight is 427 g/mol. The number of hydrogen-bond acceptors (Lipinski definition) is 7. The molecule has 0 radical (unpaired) electrons. The molecule has 8 nitrogen and oxygen atoms in total. The summed E-state index contributed by atoms with van der Waals surface area (Å²) in [4.78, 5) is 48.8. The van der Waals surface area contributed by atoms with Crippen LogP contribution in [0.1, 0.15) is 47.4 Å². The number of benzene rings is 2. The van der Waals surface area contributed by atoms with Crippen LogP contribution in [0.4, 0.5) is 0 Å². The second-order valence-corrected chi connectivity index (χ2v) is 6.55. The third kappa shape index (κ3) is 6.67. The van der Waals surface area contributed by atoms with Gasteiger partial charge in [-0.1, -0.05) is 24.3 Å². The van der Waals surface area contributed by atoms with Gasteiger partial charge >= 0.3 is 11.9 Å². The summed E-state index contributed by atoms with van der Waals surface area (Å²) in [6.45, 7) is 3.09. The molecule has 0 aliphatic heterocycles. The van der Waals surface area contributed by atoms with Crippen molar-refractivity contribution in [3.8, 4) is 11.5 Å². The summed E-state index contributed by atoms with van der Waals surface area (Å²) >= 11 is 0. The van der Waals surface area contributed by atoms with E-state index in [1.165, 1.54) is 26.2 Å². The lowest BCUT2D eigenvalue weighted by Gasteiger charge is -2.16. The Balaban J connectivity index is 2.14. The van der Waals surface area contributed by atoms with Gasteiger partial charge in [0.25, 0.3) is 0 Å². The second-order valence-electron chi connectivity index (χ2n) is 6.55. The van der Waals surface area contributed by atoms with Gasteiger partial charge in [-0.15, -0.1) is 0 Å². The lowest BCUT2D eigenvalue weighted by atomic mass is 10.0. The fraction of sp³-hybridized carbons (Fsp3) is 0.304. The van der Waals surface area contributed by atoms with Crippen molar-refractivity contribution >= 4 is 23.6 Å². The molecule has 2 aromatic rings. The molecule has 1 amide bonds. The molecule has 0 bridgehead atoms. The van der Waals surface area contributed by atoms with Crippen LogP contribution in [0.5, 0.6) is 11.5 Å². The number of amides is 1. The van der Waals surface area contributed by atoms with Crippen molar-refractivity contribution in [2.45, 2.75) is 32.7 Å². The van der Waals surface area contributed by atoms with Crippen LogP contribution in [0.25, 0.3) is 0 Å². The number of esters is 2. The first-order valence-corrected chi connectivity index (χ1v) is 9.78. The number of para-hydroxylation sites is 2. The normalized spacial score (nSPS) is 11.2. The van der Waals surface area contributed by atoms with Crippen LogP contribution in [0.2, 0.25) is 0 Å². The number of rotatable bonds is 10. The third-order valence-corrected chi connectivity index (χ3v) is 4.33. The molecule has 0 saturated heterocycles. The van der Waals surface area contributed by atoms with Gasteiger partial charge in [-0.05, 0) is 37.6 Å². The molecule has 1 unspecified atom stereocenters. The highest BCUT2D eigenvalue weighted by Gasteiger charge is 2.24. The number of Topliss-reactive ketones (excluding diaryl/α,β-unsaturated/α-hetero) is 1. The van der Waals surface area contributed by atoms with Gasteiger partial charge in [0.05, 0.1) is 19.3 Å². The van der Waals surface area contributed by atoms with E-state index in [9.17, 15) is 19.2 Å². The number of ether oxygens (including phenoxy) is 3. The Labute approximate surface area is 180 Å². The molecule has 0 heterocycles. The first kappa shape index (κ1) is 23.6. The van der Waals surface area contributed by atoms with Gasteiger partial charge in [0, 0.05) is 13.3 Å². The van der Waals surface area contributed by atoms with Gasteiger partial charge in [-0.25, -0.2) is 9.59 Å². The summed E-state index contributed by atoms with van der Waals surface area (Å²) < 4.78 is 15.6. The fourth-order valence-corrected chi connectivity index (χ4v) is 2.90. The van der Waals surface area contributed by atoms with Gasteiger partial charge in [0.15, 0.2) is 5.78 Å². The van der Waals surface area contributed by atoms with Gasteiger partial charge in [-0.2, -0.15) is 0 Å². The highest BCUT2D eigenvalue weighted by Crippen LogP contribution is 2.24. The molecule has 2 aromatic carbocycles. The summed E-state index contributed by atoms with van der Waals surface area (Å²) in [5, 5.41) is 2.49. The number of ketones is 1. The lowest BCUT2D eigenvalue weighted by Crippen LogP contribution is -2.41. The minimum Gasteiger partial charge on any atom is -0.496 e. The molecule has 1 atom stereocenters. The van der Waals surface area contributed by atoms with E-state index in [1.54, 1.807) is 43.3 Å². The molecule has 0 aliphatic carbocycles. The summed E-state index contributed by atoms with van der Waals surface area (Å²) in [5.74, 6) is -1.58. The van der Waals surface area contributed by atoms with E-state index in [2.05, 4.69) is 5.32 Å². The predicted octanol–water partition coefficient (Wildman–Crippen LogP) is 2.95. The van der Waals surface area contributed by atoms with Crippen LogP contribution in [0, 0.1) is 0 Å². The molecule has 8 heteroatoms. The number of hydrogen-bond donors (Lipinski definition) is 1. The van der Waals surface area contributed by atoms with Crippen LogP contribution in [0.3, 0.4) is 0 Å². The molecular weight excluding hydrogens is 402 g/mol. The van der Waals surface area contributed by atoms with Crippen molar-refractivity contribution < 1.29 is 33.4 Å². The second kappa shape index (κ2) is 11.5. The Morgan fingerprint density at radius 2 is 1.55 bits per heavy atom. The van der Waals surface area contributed by atoms with Crippen LogP contribution in [-0.2, 0) is 14.3 Å². The summed E-state index contributed by atoms with van der Waals surface area (Å²) in [5.41, 5.74) is 0.413. The predicted molar refractivity (Wildman–Crippen MR) is 112 cm³/mol. The number of methoxy groups -OCH3 is 1. The van der Waals surface area contributed by atoms with Crippen LogP contribution < -0.4 is 14.8 Å². The SMILES string of the molecule is CCOC(=O)C(CCC(=O)c1ccccc1OC(=O)c1ccccc1OC)NC(C)=O. The fourth-order valence-electron chi connectivity index (χ4n) is 2.90. The van der Waals surface area contributed by atoms with E-state index in [-0.39, 0.29) is 42.1 Å². The zero-order valence-electron chi connectivity index (χ0n) is 17.7. The van der Waals surface area contributed by atoms with Crippen molar-refractivity contribution in [3.63, 3.8) is 0 Å². The maximum Gasteiger partial charge on any atom is 0.347 e. The van der Waals surface area contributed by atoms with E-state index in [0.717, 1.165) is 0 Å². The van der Waals surface area contributed by atoms with Crippen molar-refractivity contribution in [2.75, 3.05) is 13.7 Å². The smallest absolute Gasteiger partial charge is 0.347 e. The Bertz CT molecular complexity index is 954. The summed E-state index contributed by atoms with van der Waals surface area (Å²) in [7, 11) is 1.44. The molecule has 0 aliphatic rings. The Morgan fingerprint density at radius 3 is 2.16 bits per heavy atom. The van der Waals surface area contributed by atoms with E-state index in [1.807, 2.05) is 0 Å². The molecule has 0 spiro atoms. The van der Waals surface area contributed by atoms with Gasteiger partial charge in [0.1, 0.15) is 23.1 Å². The average Bonchev–Trinajstić information content (AvgIpc) is 2.76. The Kier molecular flexibility index (Phi) is 8.75. The highest BCUT2D eigenvalue weighted by atomic mass is 16.5. The van der Waals surface area contributed by atoms with Gasteiger partial charge < -0.3 is 19.5 Å². The monoisotopic (exact) mass is 427 g/mol. The maximum absolute atomic E-state index is 12.8. The standard InChI is InChI=1S/C23H25NO7/c1-4-30-23(28)18(24-15(2)25)13-14-19(26)16-9-5-8-12-21(16)31-22(27)17-10-6-7-11-20(17)29-3/h5-12,18H,4,13-14H2,1-3H3,(H,24,25). The minimum atomic E-state index is -0.940. The first-order valence-electron chi connectivity index (χ1n) is 9.78. The quantitative estimate of drug-likeness (QED) is 0.353. The molecule has 0 saturated carbocycles. The molecule has 1 N–H and O–H groups in total. The zero-order chi connectivity index (χ0) is 22.8. The van der Waals surface area contributed by atoms with E-state index in [0.29, 0.717) is 5.75 Å². The first-order chi connectivity index (χ1) is 14.9. The molecule has 164 valence electrons. The zero-order valence-corrected chi connectivity index (χ0v) is 17.7. The maximum atomic E-state index is 12.8. The number of nitrogens with one attached hydrogen (secondary N) is 1.